The summed E-state index contributed by atoms with van der Waals surface area (Å²) in [7, 11) is 5.87. The molecule has 1 atom stereocenters. The molecule has 0 saturated heterocycles. The molecule has 1 aliphatic carbocycles. The largest absolute Gasteiger partial charge is 0.261 e. The molecule has 1 saturated carbocycles. The van der Waals surface area contributed by atoms with Gasteiger partial charge >= 0.3 is 0 Å². The van der Waals surface area contributed by atoms with Crippen LogP contribution in [0.25, 0.3) is 10.9 Å². The Labute approximate surface area is 108 Å². The average Bonchev–Trinajstić information content (AvgIpc) is 3.11. The Kier molecular flexibility index (Phi) is 2.63. The Morgan fingerprint density at radius 3 is 3.00 bits per heavy atom. The monoisotopic (exact) mass is 235 g/mol. The number of hydrogen-bond acceptors (Lipinski definition) is 2. The van der Waals surface area contributed by atoms with Crippen molar-refractivity contribution in [1.29, 1.82) is 5.26 Å². The lowest BCUT2D eigenvalue weighted by molar-refractivity contribution is 0.511. The molecular weight excluding hydrogens is 221 g/mol. The molecule has 18 heavy (non-hydrogen) atoms. The maximum Gasteiger partial charge on any atom is 0.113 e. The van der Waals surface area contributed by atoms with Crippen molar-refractivity contribution in [1.82, 2.24) is 9.78 Å². The fourth-order valence-corrected chi connectivity index (χ4v) is 2.40. The molecule has 0 amide bonds. The first-order valence-corrected chi connectivity index (χ1v) is 6.35. The van der Waals surface area contributed by atoms with Gasteiger partial charge in [-0.3, -0.25) is 4.68 Å². The minimum atomic E-state index is 0.105. The zero-order valence-electron chi connectivity index (χ0n) is 10.4. The second-order valence-electron chi connectivity index (χ2n) is 5.09. The van der Waals surface area contributed by atoms with Gasteiger partial charge in [0.25, 0.3) is 0 Å². The molecule has 0 aliphatic heterocycles. The molecule has 3 rings (SSSR count). The number of hydrogen-bond donors (Lipinski definition) is 0. The predicted molar refractivity (Wildman–Crippen MR) is 72.0 cm³/mol. The number of fused-ring (bicyclic) bond motifs is 1. The zero-order chi connectivity index (χ0) is 12.7. The fraction of sp³-hybridized carbons (Fsp3) is 0.429. The van der Waals surface area contributed by atoms with Crippen LogP contribution in [0.1, 0.15) is 43.8 Å². The van der Waals surface area contributed by atoms with Crippen molar-refractivity contribution in [3.8, 4) is 6.07 Å². The van der Waals surface area contributed by atoms with Gasteiger partial charge < -0.3 is 0 Å². The molecule has 0 bridgehead atoms. The quantitative estimate of drug-likeness (QED) is 0.765. The molecular formula is C14H14BN3. The van der Waals surface area contributed by atoms with Crippen LogP contribution in [0.15, 0.2) is 18.2 Å². The summed E-state index contributed by atoms with van der Waals surface area (Å²) in [6.07, 6.45) is 2.91. The highest BCUT2D eigenvalue weighted by atomic mass is 15.3. The highest BCUT2D eigenvalue weighted by Crippen LogP contribution is 2.42. The number of rotatable bonds is 3. The predicted octanol–water partition coefficient (Wildman–Crippen LogP) is 2.18. The van der Waals surface area contributed by atoms with E-state index in [2.05, 4.69) is 6.07 Å². The van der Waals surface area contributed by atoms with Gasteiger partial charge in [-0.05, 0) is 25.8 Å². The molecule has 2 radical (unpaired) electrons. The molecule has 0 spiro atoms. The second kappa shape index (κ2) is 4.17. The lowest BCUT2D eigenvalue weighted by atomic mass is 9.94. The Balaban J connectivity index is 2.17. The molecule has 1 fully saturated rings. The average molecular weight is 235 g/mol. The summed E-state index contributed by atoms with van der Waals surface area (Å²) >= 11 is 0. The SMILES string of the molecule is [B]c1ccc2c(c1)c(C1CC1)nn2C(C)CC#N. The summed E-state index contributed by atoms with van der Waals surface area (Å²) in [6, 6.07) is 8.23. The second-order valence-corrected chi connectivity index (χ2v) is 5.09. The molecule has 88 valence electrons. The van der Waals surface area contributed by atoms with E-state index in [-0.39, 0.29) is 6.04 Å². The zero-order valence-corrected chi connectivity index (χ0v) is 10.4. The van der Waals surface area contributed by atoms with Crippen molar-refractivity contribution in [3.05, 3.63) is 23.9 Å². The van der Waals surface area contributed by atoms with Gasteiger partial charge in [-0.15, -0.1) is 0 Å². The first-order chi connectivity index (χ1) is 8.70. The van der Waals surface area contributed by atoms with E-state index < -0.39 is 0 Å². The smallest absolute Gasteiger partial charge is 0.113 e. The highest BCUT2D eigenvalue weighted by molar-refractivity contribution is 6.33. The molecule has 1 unspecified atom stereocenters. The van der Waals surface area contributed by atoms with Crippen LogP contribution in [0, 0.1) is 11.3 Å². The summed E-state index contributed by atoms with van der Waals surface area (Å²) in [5.74, 6) is 0.588. The number of nitrogens with zero attached hydrogens (tertiary/aromatic N) is 3. The van der Waals surface area contributed by atoms with E-state index in [9.17, 15) is 0 Å². The standard InChI is InChI=1S/C14H14BN3/c1-9(6-7-16)18-13-5-4-11(15)8-12(13)14(17-18)10-2-3-10/h4-5,8-10H,2-3,6H2,1H3. The maximum absolute atomic E-state index is 8.83. The molecule has 3 nitrogen and oxygen atoms in total. The normalized spacial score (nSPS) is 16.7. The van der Waals surface area contributed by atoms with Crippen molar-refractivity contribution < 1.29 is 0 Å². The summed E-state index contributed by atoms with van der Waals surface area (Å²) in [6.45, 7) is 2.03. The Morgan fingerprint density at radius 2 is 2.33 bits per heavy atom. The van der Waals surface area contributed by atoms with Gasteiger partial charge in [-0.1, -0.05) is 17.6 Å². The Bertz CT molecular complexity index is 634. The minimum absolute atomic E-state index is 0.105. The third-order valence-electron chi connectivity index (χ3n) is 3.53. The van der Waals surface area contributed by atoms with Crippen LogP contribution in [0.5, 0.6) is 0 Å². The van der Waals surface area contributed by atoms with Crippen LogP contribution in [0.4, 0.5) is 0 Å². The first-order valence-electron chi connectivity index (χ1n) is 6.35. The fourth-order valence-electron chi connectivity index (χ4n) is 2.40. The molecule has 1 aromatic heterocycles. The van der Waals surface area contributed by atoms with Crippen LogP contribution in [-0.4, -0.2) is 17.6 Å². The Morgan fingerprint density at radius 1 is 1.56 bits per heavy atom. The molecule has 0 N–H and O–H groups in total. The van der Waals surface area contributed by atoms with Crippen LogP contribution in [0.2, 0.25) is 0 Å². The van der Waals surface area contributed by atoms with Crippen LogP contribution < -0.4 is 5.46 Å². The van der Waals surface area contributed by atoms with E-state index in [4.69, 9.17) is 18.2 Å². The molecule has 1 aromatic carbocycles. The van der Waals surface area contributed by atoms with Crippen LogP contribution in [-0.2, 0) is 0 Å². The topological polar surface area (TPSA) is 41.6 Å². The van der Waals surface area contributed by atoms with E-state index >= 15 is 0 Å². The van der Waals surface area contributed by atoms with E-state index in [1.165, 1.54) is 12.8 Å². The number of nitriles is 1. The molecule has 2 aromatic rings. The molecule has 4 heteroatoms. The van der Waals surface area contributed by atoms with Crippen molar-refractivity contribution in [2.24, 2.45) is 0 Å². The Hall–Kier alpha value is -1.76. The van der Waals surface area contributed by atoms with Crippen molar-refractivity contribution in [2.45, 2.75) is 38.1 Å². The first kappa shape index (κ1) is 11.3. The van der Waals surface area contributed by atoms with E-state index in [1.54, 1.807) is 0 Å². The van der Waals surface area contributed by atoms with Gasteiger partial charge in [-0.25, -0.2) is 0 Å². The summed E-state index contributed by atoms with van der Waals surface area (Å²) in [5, 5.41) is 14.7. The number of aromatic nitrogens is 2. The summed E-state index contributed by atoms with van der Waals surface area (Å²) < 4.78 is 1.98. The van der Waals surface area contributed by atoms with Crippen LogP contribution in [0.3, 0.4) is 0 Å². The van der Waals surface area contributed by atoms with E-state index in [1.807, 2.05) is 29.8 Å². The van der Waals surface area contributed by atoms with E-state index in [0.29, 0.717) is 12.3 Å². The maximum atomic E-state index is 8.83. The molecule has 1 heterocycles. The van der Waals surface area contributed by atoms with Crippen LogP contribution >= 0.6 is 0 Å². The van der Waals surface area contributed by atoms with Gasteiger partial charge in [0.2, 0.25) is 0 Å². The lowest BCUT2D eigenvalue weighted by Gasteiger charge is -2.09. The van der Waals surface area contributed by atoms with E-state index in [0.717, 1.165) is 22.1 Å². The minimum Gasteiger partial charge on any atom is -0.261 e. The number of benzene rings is 1. The van der Waals surface area contributed by atoms with Gasteiger partial charge in [0.1, 0.15) is 7.85 Å². The third kappa shape index (κ3) is 1.80. The third-order valence-corrected chi connectivity index (χ3v) is 3.53. The summed E-state index contributed by atoms with van der Waals surface area (Å²) in [5.41, 5.74) is 3.02. The van der Waals surface area contributed by atoms with Crippen molar-refractivity contribution in [3.63, 3.8) is 0 Å². The van der Waals surface area contributed by atoms with Gasteiger partial charge in [-0.2, -0.15) is 10.4 Å². The van der Waals surface area contributed by atoms with Crippen molar-refractivity contribution >= 4 is 24.2 Å². The molecule has 1 aliphatic rings. The lowest BCUT2D eigenvalue weighted by Crippen LogP contribution is -2.07. The highest BCUT2D eigenvalue weighted by Gasteiger charge is 2.29. The summed E-state index contributed by atoms with van der Waals surface area (Å²) in [4.78, 5) is 0. The van der Waals surface area contributed by atoms with Gasteiger partial charge in [0, 0.05) is 11.3 Å². The van der Waals surface area contributed by atoms with Gasteiger partial charge in [0.05, 0.1) is 29.7 Å². The van der Waals surface area contributed by atoms with Crippen molar-refractivity contribution in [2.75, 3.05) is 0 Å². The van der Waals surface area contributed by atoms with Gasteiger partial charge in [0.15, 0.2) is 0 Å².